The minimum Gasteiger partial charge on any atom is -0.458 e. The lowest BCUT2D eigenvalue weighted by atomic mass is 9.92. The van der Waals surface area contributed by atoms with Crippen LogP contribution in [0.25, 0.3) is 22.9 Å². The first-order valence-electron chi connectivity index (χ1n) is 10.2. The number of rotatable bonds is 4. The number of aliphatic hydroxyl groups is 2. The standard InChI is InChI=1S/C25H24F2O4/c1-14-15(2)30-25(23(29)22(14)28)31-24-19(12-20(26)13-21(24)27)10-8-16-7-9-17-5-3-4-6-18(17)11-16/h3-15,22-23,25,28-29H,1-2H3/b10-8+/t14-,15?,22?,23-,25?/m1/s1. The third kappa shape index (κ3) is 4.46. The van der Waals surface area contributed by atoms with E-state index in [1.165, 1.54) is 0 Å². The molecule has 1 aliphatic heterocycles. The van der Waals surface area contributed by atoms with Crippen LogP contribution >= 0.6 is 0 Å². The molecule has 0 radical (unpaired) electrons. The second-order valence-corrected chi connectivity index (χ2v) is 7.91. The third-order valence-corrected chi connectivity index (χ3v) is 5.76. The van der Waals surface area contributed by atoms with E-state index in [2.05, 4.69) is 0 Å². The highest BCUT2D eigenvalue weighted by molar-refractivity contribution is 5.86. The van der Waals surface area contributed by atoms with E-state index in [1.807, 2.05) is 42.5 Å². The van der Waals surface area contributed by atoms with E-state index < -0.39 is 36.2 Å². The normalized spacial score (nSPS) is 26.5. The molecule has 6 heteroatoms. The summed E-state index contributed by atoms with van der Waals surface area (Å²) in [6.45, 7) is 3.47. The molecule has 1 aliphatic rings. The monoisotopic (exact) mass is 426 g/mol. The molecule has 3 aromatic carbocycles. The molecule has 1 saturated heterocycles. The Kier molecular flexibility index (Phi) is 6.05. The van der Waals surface area contributed by atoms with Gasteiger partial charge in [-0.1, -0.05) is 55.5 Å². The zero-order valence-electron chi connectivity index (χ0n) is 17.2. The SMILES string of the molecule is CC1OC(Oc2c(F)cc(F)cc2/C=C/c2ccc3ccccc3c2)[C@H](O)C(O)[C@@H]1C. The van der Waals surface area contributed by atoms with Crippen LogP contribution in [-0.2, 0) is 4.74 Å². The van der Waals surface area contributed by atoms with Crippen LogP contribution in [0.15, 0.2) is 54.6 Å². The molecule has 1 heterocycles. The highest BCUT2D eigenvalue weighted by Crippen LogP contribution is 2.32. The van der Waals surface area contributed by atoms with Crippen LogP contribution in [0.5, 0.6) is 5.75 Å². The summed E-state index contributed by atoms with van der Waals surface area (Å²) in [6, 6.07) is 15.6. The molecule has 0 saturated carbocycles. The summed E-state index contributed by atoms with van der Waals surface area (Å²) in [5.74, 6) is -2.25. The van der Waals surface area contributed by atoms with Crippen molar-refractivity contribution in [1.29, 1.82) is 0 Å². The topological polar surface area (TPSA) is 58.9 Å². The largest absolute Gasteiger partial charge is 0.458 e. The van der Waals surface area contributed by atoms with Crippen molar-refractivity contribution in [2.24, 2.45) is 5.92 Å². The fourth-order valence-electron chi connectivity index (χ4n) is 3.71. The first kappa shape index (κ1) is 21.4. The Balaban J connectivity index is 1.64. The van der Waals surface area contributed by atoms with Gasteiger partial charge in [0.05, 0.1) is 12.2 Å². The van der Waals surface area contributed by atoms with Gasteiger partial charge in [-0.05, 0) is 35.4 Å². The Bertz CT molecular complexity index is 1110. The zero-order valence-corrected chi connectivity index (χ0v) is 17.2. The first-order valence-corrected chi connectivity index (χ1v) is 10.2. The molecular formula is C25H24F2O4. The van der Waals surface area contributed by atoms with Gasteiger partial charge in [-0.3, -0.25) is 0 Å². The van der Waals surface area contributed by atoms with Gasteiger partial charge in [0.15, 0.2) is 11.6 Å². The Morgan fingerprint density at radius 1 is 0.903 bits per heavy atom. The lowest BCUT2D eigenvalue weighted by molar-refractivity contribution is -0.251. The minimum absolute atomic E-state index is 0.155. The number of hydrogen-bond donors (Lipinski definition) is 2. The molecule has 4 rings (SSSR count). The smallest absolute Gasteiger partial charge is 0.229 e. The maximum atomic E-state index is 14.6. The van der Waals surface area contributed by atoms with E-state index in [4.69, 9.17) is 9.47 Å². The maximum Gasteiger partial charge on any atom is 0.229 e. The first-order chi connectivity index (χ1) is 14.8. The molecule has 0 amide bonds. The highest BCUT2D eigenvalue weighted by atomic mass is 19.1. The van der Waals surface area contributed by atoms with E-state index in [1.54, 1.807) is 26.0 Å². The number of aliphatic hydroxyl groups excluding tert-OH is 2. The average molecular weight is 426 g/mol. The fourth-order valence-corrected chi connectivity index (χ4v) is 3.71. The predicted octanol–water partition coefficient (Wildman–Crippen LogP) is 4.77. The number of fused-ring (bicyclic) bond motifs is 1. The second kappa shape index (κ2) is 8.75. The molecule has 3 unspecified atom stereocenters. The maximum absolute atomic E-state index is 14.6. The number of ether oxygens (including phenoxy) is 2. The Labute approximate surface area is 179 Å². The van der Waals surface area contributed by atoms with Crippen molar-refractivity contribution in [2.45, 2.75) is 38.4 Å². The molecule has 0 aliphatic carbocycles. The molecule has 0 spiro atoms. The summed E-state index contributed by atoms with van der Waals surface area (Å²) in [7, 11) is 0. The second-order valence-electron chi connectivity index (χ2n) is 7.91. The predicted molar refractivity (Wildman–Crippen MR) is 115 cm³/mol. The fraction of sp³-hybridized carbons (Fsp3) is 0.280. The van der Waals surface area contributed by atoms with Crippen molar-refractivity contribution in [1.82, 2.24) is 0 Å². The minimum atomic E-state index is -1.37. The summed E-state index contributed by atoms with van der Waals surface area (Å²) >= 11 is 0. The van der Waals surface area contributed by atoms with Crippen molar-refractivity contribution in [3.8, 4) is 5.75 Å². The van der Waals surface area contributed by atoms with E-state index in [-0.39, 0.29) is 17.2 Å². The number of hydrogen-bond acceptors (Lipinski definition) is 4. The van der Waals surface area contributed by atoms with Crippen LogP contribution in [0.1, 0.15) is 25.0 Å². The van der Waals surface area contributed by atoms with Gasteiger partial charge in [0, 0.05) is 17.5 Å². The van der Waals surface area contributed by atoms with Crippen LogP contribution in [0.3, 0.4) is 0 Å². The van der Waals surface area contributed by atoms with Gasteiger partial charge in [0.2, 0.25) is 6.29 Å². The van der Waals surface area contributed by atoms with E-state index in [0.29, 0.717) is 6.07 Å². The van der Waals surface area contributed by atoms with Gasteiger partial charge in [-0.25, -0.2) is 8.78 Å². The van der Waals surface area contributed by atoms with E-state index in [0.717, 1.165) is 22.4 Å². The Morgan fingerprint density at radius 3 is 2.42 bits per heavy atom. The summed E-state index contributed by atoms with van der Waals surface area (Å²) in [5.41, 5.74) is 1.00. The Morgan fingerprint density at radius 2 is 1.65 bits per heavy atom. The molecule has 1 fully saturated rings. The molecule has 162 valence electrons. The molecule has 5 atom stereocenters. The van der Waals surface area contributed by atoms with Gasteiger partial charge in [0.1, 0.15) is 11.9 Å². The highest BCUT2D eigenvalue weighted by Gasteiger charge is 2.42. The quantitative estimate of drug-likeness (QED) is 0.590. The zero-order chi connectivity index (χ0) is 22.1. The van der Waals surface area contributed by atoms with Crippen molar-refractivity contribution >= 4 is 22.9 Å². The van der Waals surface area contributed by atoms with Gasteiger partial charge in [-0.2, -0.15) is 0 Å². The molecular weight excluding hydrogens is 402 g/mol. The molecule has 3 aromatic rings. The molecule has 2 N–H and O–H groups in total. The van der Waals surface area contributed by atoms with Crippen LogP contribution in [0, 0.1) is 17.6 Å². The van der Waals surface area contributed by atoms with E-state index in [9.17, 15) is 19.0 Å². The van der Waals surface area contributed by atoms with Gasteiger partial charge in [0.25, 0.3) is 0 Å². The molecule has 31 heavy (non-hydrogen) atoms. The average Bonchev–Trinajstić information content (AvgIpc) is 2.76. The lowest BCUT2D eigenvalue weighted by Gasteiger charge is -2.40. The summed E-state index contributed by atoms with van der Waals surface area (Å²) in [5, 5.41) is 22.7. The summed E-state index contributed by atoms with van der Waals surface area (Å²) < 4.78 is 39.7. The number of benzene rings is 3. The van der Waals surface area contributed by atoms with Crippen molar-refractivity contribution in [3.63, 3.8) is 0 Å². The van der Waals surface area contributed by atoms with Crippen LogP contribution in [0.2, 0.25) is 0 Å². The van der Waals surface area contributed by atoms with Gasteiger partial charge in [-0.15, -0.1) is 0 Å². The molecule has 0 bridgehead atoms. The third-order valence-electron chi connectivity index (χ3n) is 5.76. The number of halogens is 2. The summed E-state index contributed by atoms with van der Waals surface area (Å²) in [6.07, 6.45) is -0.881. The van der Waals surface area contributed by atoms with Crippen molar-refractivity contribution in [2.75, 3.05) is 0 Å². The van der Waals surface area contributed by atoms with E-state index >= 15 is 0 Å². The van der Waals surface area contributed by atoms with Crippen molar-refractivity contribution in [3.05, 3.63) is 77.4 Å². The van der Waals surface area contributed by atoms with Crippen LogP contribution in [-0.4, -0.2) is 34.8 Å². The van der Waals surface area contributed by atoms with Gasteiger partial charge >= 0.3 is 0 Å². The lowest BCUT2D eigenvalue weighted by Crippen LogP contribution is -2.54. The molecule has 4 nitrogen and oxygen atoms in total. The summed E-state index contributed by atoms with van der Waals surface area (Å²) in [4.78, 5) is 0. The van der Waals surface area contributed by atoms with Crippen LogP contribution < -0.4 is 4.74 Å². The van der Waals surface area contributed by atoms with Crippen molar-refractivity contribution < 1.29 is 28.5 Å². The van der Waals surface area contributed by atoms with Gasteiger partial charge < -0.3 is 19.7 Å². The van der Waals surface area contributed by atoms with Crippen LogP contribution in [0.4, 0.5) is 8.78 Å². The Hall–Kier alpha value is -2.80. The molecule has 0 aromatic heterocycles.